The molecule has 45 heavy (non-hydrogen) atoms. The van der Waals surface area contributed by atoms with Gasteiger partial charge in [0.2, 0.25) is 0 Å². The Balaban J connectivity index is 1.17. The molecule has 2 aromatic carbocycles. The molecule has 0 radical (unpaired) electrons. The molecular formula is C29H29ClN5O8PS. The van der Waals surface area contributed by atoms with E-state index in [0.29, 0.717) is 39.9 Å². The fourth-order valence-corrected chi connectivity index (χ4v) is 7.80. The second-order valence-electron chi connectivity index (χ2n) is 10.5. The number of halogens is 1. The third-order valence-corrected chi connectivity index (χ3v) is 10.1. The SMILES string of the molecule is COc1ccc(C(=O)Nc2ncnc3c2ncn3[C@@H]2O[C@@H]3COP(=S)(Oc4ccccc4Cl)OC3C2OC2CCCCO2)cc1. The molecule has 6 atom stereocenters. The molecule has 4 aromatic rings. The van der Waals surface area contributed by atoms with Gasteiger partial charge in [0.05, 0.1) is 25.1 Å². The van der Waals surface area contributed by atoms with Crippen LogP contribution in [-0.4, -0.2) is 70.4 Å². The molecule has 1 amide bonds. The first-order valence-electron chi connectivity index (χ1n) is 14.3. The van der Waals surface area contributed by atoms with E-state index in [2.05, 4.69) is 20.3 Å². The number of methoxy groups -OCH3 is 1. The number of anilines is 1. The van der Waals surface area contributed by atoms with Gasteiger partial charge in [0.1, 0.15) is 36.1 Å². The summed E-state index contributed by atoms with van der Waals surface area (Å²) in [5.74, 6) is 0.889. The maximum Gasteiger partial charge on any atom is 0.381 e. The quantitative estimate of drug-likeness (QED) is 0.244. The van der Waals surface area contributed by atoms with Crippen molar-refractivity contribution in [1.82, 2.24) is 19.5 Å². The van der Waals surface area contributed by atoms with Gasteiger partial charge in [0, 0.05) is 24.0 Å². The Hall–Kier alpha value is -3.20. The van der Waals surface area contributed by atoms with E-state index < -0.39 is 37.5 Å². The molecule has 3 aliphatic rings. The van der Waals surface area contributed by atoms with Crippen molar-refractivity contribution in [2.45, 2.75) is 50.1 Å². The highest BCUT2D eigenvalue weighted by molar-refractivity contribution is 8.07. The van der Waals surface area contributed by atoms with Crippen molar-refractivity contribution in [3.8, 4) is 11.5 Å². The molecule has 5 heterocycles. The van der Waals surface area contributed by atoms with Crippen molar-refractivity contribution >= 4 is 53.0 Å². The Morgan fingerprint density at radius 1 is 1.13 bits per heavy atom. The number of amides is 1. The smallest absolute Gasteiger partial charge is 0.381 e. The normalized spacial score (nSPS) is 28.0. The number of fused-ring (bicyclic) bond motifs is 2. The molecule has 2 aromatic heterocycles. The zero-order chi connectivity index (χ0) is 31.0. The minimum Gasteiger partial charge on any atom is -0.497 e. The van der Waals surface area contributed by atoms with Crippen molar-refractivity contribution in [3.05, 3.63) is 71.8 Å². The third-order valence-electron chi connectivity index (χ3n) is 7.64. The number of nitrogens with one attached hydrogen (secondary N) is 1. The number of nitrogens with zero attached hydrogens (tertiary/aromatic N) is 4. The maximum atomic E-state index is 13.0. The summed E-state index contributed by atoms with van der Waals surface area (Å²) in [7, 11) is 1.56. The van der Waals surface area contributed by atoms with Crippen LogP contribution in [0.5, 0.6) is 11.5 Å². The number of imidazole rings is 1. The predicted molar refractivity (Wildman–Crippen MR) is 166 cm³/mol. The summed E-state index contributed by atoms with van der Waals surface area (Å²) in [6.45, 7) is -2.59. The lowest BCUT2D eigenvalue weighted by molar-refractivity contribution is -0.213. The van der Waals surface area contributed by atoms with Crippen LogP contribution in [0, 0.1) is 0 Å². The second-order valence-corrected chi connectivity index (χ2v) is 13.8. The van der Waals surface area contributed by atoms with Gasteiger partial charge in [-0.15, -0.1) is 0 Å². The molecule has 4 unspecified atom stereocenters. The van der Waals surface area contributed by atoms with E-state index in [1.54, 1.807) is 66.5 Å². The first-order chi connectivity index (χ1) is 21.9. The van der Waals surface area contributed by atoms with Crippen molar-refractivity contribution < 1.29 is 37.3 Å². The Kier molecular flexibility index (Phi) is 8.73. The molecule has 3 saturated heterocycles. The molecule has 3 fully saturated rings. The monoisotopic (exact) mass is 673 g/mol. The first kappa shape index (κ1) is 30.5. The summed E-state index contributed by atoms with van der Waals surface area (Å²) in [5.41, 5.74) is 1.22. The molecule has 0 aliphatic carbocycles. The lowest BCUT2D eigenvalue weighted by Crippen LogP contribution is -2.43. The van der Waals surface area contributed by atoms with Crippen LogP contribution < -0.4 is 14.6 Å². The second kappa shape index (κ2) is 12.9. The van der Waals surface area contributed by atoms with Gasteiger partial charge in [-0.1, -0.05) is 23.7 Å². The fraction of sp³-hybridized carbons (Fsp3) is 0.379. The topological polar surface area (TPSA) is 137 Å². The third kappa shape index (κ3) is 6.29. The highest BCUT2D eigenvalue weighted by Crippen LogP contribution is 2.58. The molecule has 1 N–H and O–H groups in total. The van der Waals surface area contributed by atoms with E-state index in [9.17, 15) is 4.79 Å². The number of hydrogen-bond donors (Lipinski definition) is 1. The molecule has 0 bridgehead atoms. The Morgan fingerprint density at radius 3 is 2.76 bits per heavy atom. The van der Waals surface area contributed by atoms with Gasteiger partial charge in [-0.3, -0.25) is 18.4 Å². The summed E-state index contributed by atoms with van der Waals surface area (Å²) in [5, 5.41) is 3.22. The summed E-state index contributed by atoms with van der Waals surface area (Å²) in [4.78, 5) is 26.3. The van der Waals surface area contributed by atoms with Crippen molar-refractivity contribution in [1.29, 1.82) is 0 Å². The van der Waals surface area contributed by atoms with E-state index in [1.165, 1.54) is 6.33 Å². The number of carbonyl (C=O) groups is 1. The van der Waals surface area contributed by atoms with E-state index >= 15 is 0 Å². The van der Waals surface area contributed by atoms with Gasteiger partial charge >= 0.3 is 6.72 Å². The average Bonchev–Trinajstić information content (AvgIpc) is 3.64. The summed E-state index contributed by atoms with van der Waals surface area (Å²) in [6.07, 6.45) is 2.46. The molecule has 0 saturated carbocycles. The zero-order valence-corrected chi connectivity index (χ0v) is 26.5. The number of benzene rings is 2. The predicted octanol–water partition coefficient (Wildman–Crippen LogP) is 5.27. The summed E-state index contributed by atoms with van der Waals surface area (Å²) < 4.78 is 44.2. The van der Waals surface area contributed by atoms with Crippen LogP contribution in [0.4, 0.5) is 5.82 Å². The van der Waals surface area contributed by atoms with Crippen LogP contribution >= 0.6 is 18.3 Å². The Bertz CT molecular complexity index is 1740. The first-order valence-corrected chi connectivity index (χ1v) is 17.3. The molecule has 0 spiro atoms. The van der Waals surface area contributed by atoms with Crippen LogP contribution in [0.15, 0.2) is 61.2 Å². The molecule has 16 heteroatoms. The van der Waals surface area contributed by atoms with Gasteiger partial charge < -0.3 is 28.8 Å². The van der Waals surface area contributed by atoms with E-state index in [-0.39, 0.29) is 18.3 Å². The van der Waals surface area contributed by atoms with Crippen molar-refractivity contribution in [2.75, 3.05) is 25.6 Å². The molecule has 236 valence electrons. The number of aromatic nitrogens is 4. The van der Waals surface area contributed by atoms with Crippen molar-refractivity contribution in [2.24, 2.45) is 0 Å². The lowest BCUT2D eigenvalue weighted by Gasteiger charge is -2.36. The van der Waals surface area contributed by atoms with Crippen LogP contribution in [0.25, 0.3) is 11.2 Å². The lowest BCUT2D eigenvalue weighted by atomic mass is 10.1. The maximum absolute atomic E-state index is 13.0. The largest absolute Gasteiger partial charge is 0.497 e. The molecule has 13 nitrogen and oxygen atoms in total. The number of ether oxygens (including phenoxy) is 4. The minimum atomic E-state index is -3.29. The van der Waals surface area contributed by atoms with Crippen LogP contribution in [0.3, 0.4) is 0 Å². The standard InChI is InChI=1S/C29H29ClN5O8PS/c1-37-18-11-9-17(10-12-18)28(36)34-26-23-27(32-15-31-26)35(16-33-23)29-25(41-22-8-4-5-13-38-22)24-21(40-29)14-39-44(45,43-24)42-20-7-3-2-6-19(20)30/h2-3,6-7,9-12,15-16,21-22,24-25,29H,4-5,8,13-14H2,1H3,(H,31,32,34,36)/t21-,22?,24?,25?,29-,44?/m1/s1. The number of carbonyl (C=O) groups excluding carboxylic acids is 1. The minimum absolute atomic E-state index is 0.110. The average molecular weight is 674 g/mol. The molecule has 7 rings (SSSR count). The van der Waals surface area contributed by atoms with Gasteiger partial charge in [-0.25, -0.2) is 15.0 Å². The van der Waals surface area contributed by atoms with Crippen LogP contribution in [0.2, 0.25) is 5.02 Å². The van der Waals surface area contributed by atoms with Crippen LogP contribution in [-0.2, 0) is 35.1 Å². The number of rotatable bonds is 8. The summed E-state index contributed by atoms with van der Waals surface area (Å²) in [6, 6.07) is 13.7. The number of para-hydroxylation sites is 1. The molecule has 3 aliphatic heterocycles. The van der Waals surface area contributed by atoms with Gasteiger partial charge in [-0.2, -0.15) is 0 Å². The Labute approximate surface area is 268 Å². The van der Waals surface area contributed by atoms with Gasteiger partial charge in [0.25, 0.3) is 5.91 Å². The van der Waals surface area contributed by atoms with E-state index in [1.807, 2.05) is 0 Å². The van der Waals surface area contributed by atoms with Gasteiger partial charge in [0.15, 0.2) is 29.5 Å². The highest BCUT2D eigenvalue weighted by Gasteiger charge is 2.54. The number of hydrogen-bond acceptors (Lipinski definition) is 12. The van der Waals surface area contributed by atoms with Crippen molar-refractivity contribution in [3.63, 3.8) is 0 Å². The molecular weight excluding hydrogens is 645 g/mol. The summed E-state index contributed by atoms with van der Waals surface area (Å²) >= 11 is 12.1. The van der Waals surface area contributed by atoms with E-state index in [0.717, 1.165) is 19.3 Å². The van der Waals surface area contributed by atoms with Gasteiger partial charge in [-0.05, 0) is 55.7 Å². The zero-order valence-electron chi connectivity index (χ0n) is 24.0. The fourth-order valence-electron chi connectivity index (χ4n) is 5.42. The van der Waals surface area contributed by atoms with Crippen LogP contribution in [0.1, 0.15) is 35.8 Å². The van der Waals surface area contributed by atoms with E-state index in [4.69, 9.17) is 55.9 Å². The highest BCUT2D eigenvalue weighted by atomic mass is 35.5. The Morgan fingerprint density at radius 2 is 1.98 bits per heavy atom.